The van der Waals surface area contributed by atoms with E-state index in [1.165, 1.54) is 24.3 Å². The Hall–Kier alpha value is -4.80. The van der Waals surface area contributed by atoms with Crippen molar-refractivity contribution in [2.45, 2.75) is 62.7 Å². The number of carbonyl (C=O) groups is 3. The third kappa shape index (κ3) is 10.2. The van der Waals surface area contributed by atoms with E-state index < -0.39 is 5.82 Å². The molecule has 0 saturated carbocycles. The number of amides is 2. The first-order chi connectivity index (χ1) is 28.2. The van der Waals surface area contributed by atoms with E-state index in [0.717, 1.165) is 54.1 Å². The number of likely N-dealkylation sites (tertiary alicyclic amines) is 1. The number of Topliss-reactive ketones (excluding diaryl/α,β-unsaturated/α-hetero) is 2. The van der Waals surface area contributed by atoms with E-state index >= 15 is 0 Å². The topological polar surface area (TPSA) is 163 Å². The predicted octanol–water partition coefficient (Wildman–Crippen LogP) is 6.92. The lowest BCUT2D eigenvalue weighted by Gasteiger charge is -2.50. The summed E-state index contributed by atoms with van der Waals surface area (Å²) in [6.45, 7) is 4.05. The zero-order chi connectivity index (χ0) is 42.7. The van der Waals surface area contributed by atoms with Crippen LogP contribution in [0.2, 0.25) is 0 Å². The second-order valence-corrected chi connectivity index (χ2v) is 15.2. The van der Waals surface area contributed by atoms with Crippen molar-refractivity contribution in [2.75, 3.05) is 66.4 Å². The number of fused-ring (bicyclic) bond motifs is 2. The lowest BCUT2D eigenvalue weighted by atomic mass is 9.77. The molecule has 2 spiro atoms. The zero-order valence-corrected chi connectivity index (χ0v) is 35.4. The molecule has 2 amide bonds. The van der Waals surface area contributed by atoms with Crippen molar-refractivity contribution in [3.05, 3.63) is 119 Å². The number of hydrogen-bond donors (Lipinski definition) is 5. The van der Waals surface area contributed by atoms with E-state index in [4.69, 9.17) is 18.6 Å². The van der Waals surface area contributed by atoms with Crippen LogP contribution in [0.5, 0.6) is 0 Å². The summed E-state index contributed by atoms with van der Waals surface area (Å²) < 4.78 is 33.0. The van der Waals surface area contributed by atoms with Gasteiger partial charge in [-0.15, -0.1) is 0 Å². The molecule has 4 aliphatic heterocycles. The molecule has 2 saturated heterocycles. The molecule has 0 bridgehead atoms. The van der Waals surface area contributed by atoms with Crippen LogP contribution in [0, 0.1) is 11.6 Å². The average molecular weight is 910 g/mol. The Morgan fingerprint density at radius 1 is 0.759 bits per heavy atom. The fraction of sp³-hybridized carbons (Fsp3) is 0.386. The molecule has 4 aromatic carbocycles. The SMILES string of the molecule is CN1c2ccc(F)cc2C(=O)CC12CCN(C(=O)NCc1ccc(N)cc1)CC2.CN1c2ccc(F)cc2C(=O)CC12CCNCC2.NCc1ccc(N)cc1.[2H]CI. The minimum Gasteiger partial charge on any atom is -0.399 e. The fourth-order valence-electron chi connectivity index (χ4n) is 8.21. The molecule has 2 fully saturated rings. The number of halogens is 3. The van der Waals surface area contributed by atoms with Crippen LogP contribution in [0.15, 0.2) is 84.9 Å². The van der Waals surface area contributed by atoms with Gasteiger partial charge in [0.25, 0.3) is 0 Å². The third-order valence-corrected chi connectivity index (χ3v) is 11.8. The Morgan fingerprint density at radius 2 is 1.19 bits per heavy atom. The van der Waals surface area contributed by atoms with E-state index in [1.807, 2.05) is 85.2 Å². The van der Waals surface area contributed by atoms with Gasteiger partial charge in [0.05, 0.1) is 5.54 Å². The van der Waals surface area contributed by atoms with Crippen molar-refractivity contribution >= 4 is 62.9 Å². The number of rotatable bonds is 3. The minimum atomic E-state index is -0.394. The van der Waals surface area contributed by atoms with Crippen molar-refractivity contribution in [1.29, 1.82) is 0 Å². The summed E-state index contributed by atoms with van der Waals surface area (Å²) in [5.74, 6) is -0.686. The number of nitrogens with one attached hydrogen (secondary N) is 2. The van der Waals surface area contributed by atoms with Crippen molar-refractivity contribution in [3.8, 4) is 0 Å². The summed E-state index contributed by atoms with van der Waals surface area (Å²) in [6, 6.07) is 23.8. The van der Waals surface area contributed by atoms with Gasteiger partial charge in [0.1, 0.15) is 11.6 Å². The molecule has 58 heavy (non-hydrogen) atoms. The maximum absolute atomic E-state index is 13.6. The maximum atomic E-state index is 13.6. The van der Waals surface area contributed by atoms with Crippen molar-refractivity contribution in [1.82, 2.24) is 15.5 Å². The van der Waals surface area contributed by atoms with Crippen LogP contribution < -0.4 is 37.6 Å². The average Bonchev–Trinajstić information content (AvgIpc) is 3.23. The number of nitrogens with two attached hydrogens (primary N) is 3. The van der Waals surface area contributed by atoms with Gasteiger partial charge in [-0.25, -0.2) is 13.6 Å². The molecule has 0 unspecified atom stereocenters. The molecule has 8 N–H and O–H groups in total. The Kier molecular flexibility index (Phi) is 14.6. The Labute approximate surface area is 355 Å². The molecule has 4 aromatic rings. The predicted molar refractivity (Wildman–Crippen MR) is 238 cm³/mol. The van der Waals surface area contributed by atoms with Crippen LogP contribution in [0.25, 0.3) is 0 Å². The van der Waals surface area contributed by atoms with Crippen LogP contribution in [-0.4, -0.2) is 78.8 Å². The quantitative estimate of drug-likeness (QED) is 0.0835. The summed E-state index contributed by atoms with van der Waals surface area (Å²) in [7, 11) is 3.98. The second kappa shape index (κ2) is 19.8. The van der Waals surface area contributed by atoms with Gasteiger partial charge in [0.15, 0.2) is 11.6 Å². The van der Waals surface area contributed by atoms with Gasteiger partial charge in [-0.3, -0.25) is 9.59 Å². The highest BCUT2D eigenvalue weighted by Gasteiger charge is 2.45. The Bertz CT molecular complexity index is 2060. The maximum Gasteiger partial charge on any atom is 0.317 e. The summed E-state index contributed by atoms with van der Waals surface area (Å²) in [6.07, 6.45) is 4.17. The summed E-state index contributed by atoms with van der Waals surface area (Å²) in [5, 5.41) is 6.27. The van der Waals surface area contributed by atoms with Crippen molar-refractivity contribution in [2.24, 2.45) is 5.73 Å². The molecule has 0 aliphatic carbocycles. The normalized spacial score (nSPS) is 17.6. The minimum absolute atomic E-state index is 0.0288. The van der Waals surface area contributed by atoms with Gasteiger partial charge >= 0.3 is 6.03 Å². The molecule has 8 rings (SSSR count). The molecule has 0 radical (unpaired) electrons. The molecule has 0 aromatic heterocycles. The number of nitrogen functional groups attached to an aromatic ring is 2. The number of hydrogen-bond acceptors (Lipinski definition) is 9. The fourth-order valence-corrected chi connectivity index (χ4v) is 8.21. The molecular formula is C44H55F2IN8O3. The summed E-state index contributed by atoms with van der Waals surface area (Å²) >= 11 is 1.96. The summed E-state index contributed by atoms with van der Waals surface area (Å²) in [4.78, 5) is 44.0. The highest BCUT2D eigenvalue weighted by molar-refractivity contribution is 14.1. The standard InChI is InChI=1S/C22H25FN4O2.C14H17FN2O.C7H10N2.CH3I/c1-26-19-7-4-16(23)12-18(19)20(28)13-22(26)8-10-27(11-9-22)21(29)25-14-15-2-5-17(24)6-3-15;1-17-12-3-2-10(15)8-11(12)13(18)9-14(17)4-6-16-7-5-14;8-5-6-1-3-7(9)4-2-6;1-2/h2-7,12H,8-11,13-14,24H2,1H3,(H,25,29);2-3,8,16H,4-7,9H2,1H3;1-4H,5,8-9H2;1H3/i;;;1D. The van der Waals surface area contributed by atoms with Crippen LogP contribution in [0.1, 0.15) is 71.7 Å². The van der Waals surface area contributed by atoms with Crippen LogP contribution >= 0.6 is 22.6 Å². The first kappa shape index (κ1) is 42.8. The van der Waals surface area contributed by atoms with Gasteiger partial charge in [0, 0.05) is 93.9 Å². The molecule has 0 atom stereocenters. The first-order valence-corrected chi connectivity index (χ1v) is 20.9. The number of urea groups is 1. The van der Waals surface area contributed by atoms with Gasteiger partial charge in [-0.05, 0) is 115 Å². The lowest BCUT2D eigenvalue weighted by molar-refractivity contribution is 0.0887. The molecule has 11 nitrogen and oxygen atoms in total. The van der Waals surface area contributed by atoms with Crippen molar-refractivity contribution < 1.29 is 24.5 Å². The largest absolute Gasteiger partial charge is 0.399 e. The van der Waals surface area contributed by atoms with Crippen LogP contribution in [0.4, 0.5) is 36.3 Å². The Balaban J connectivity index is 0.000000186. The van der Waals surface area contributed by atoms with E-state index in [1.54, 1.807) is 17.0 Å². The number of ketones is 2. The highest BCUT2D eigenvalue weighted by atomic mass is 127. The summed E-state index contributed by atoms with van der Waals surface area (Å²) in [5.41, 5.74) is 22.3. The molecule has 4 heterocycles. The van der Waals surface area contributed by atoms with Crippen LogP contribution in [0.3, 0.4) is 0 Å². The lowest BCUT2D eigenvalue weighted by Crippen LogP contribution is -2.59. The zero-order valence-electron chi connectivity index (χ0n) is 34.2. The monoisotopic (exact) mass is 909 g/mol. The van der Waals surface area contributed by atoms with E-state index in [0.29, 0.717) is 73.6 Å². The molecular weight excluding hydrogens is 853 g/mol. The number of anilines is 4. The molecule has 4 aliphatic rings. The van der Waals surface area contributed by atoms with Gasteiger partial charge in [-0.2, -0.15) is 0 Å². The number of carbonyl (C=O) groups excluding carboxylic acids is 3. The smallest absolute Gasteiger partial charge is 0.317 e. The van der Waals surface area contributed by atoms with Crippen LogP contribution in [-0.2, 0) is 13.1 Å². The number of benzene rings is 4. The second-order valence-electron chi connectivity index (χ2n) is 15.2. The van der Waals surface area contributed by atoms with Gasteiger partial charge in [0.2, 0.25) is 0 Å². The van der Waals surface area contributed by atoms with E-state index in [9.17, 15) is 23.2 Å². The molecule has 310 valence electrons. The number of piperidine rings is 2. The van der Waals surface area contributed by atoms with E-state index in [-0.39, 0.29) is 34.5 Å². The number of nitrogens with zero attached hydrogens (tertiary/aromatic N) is 3. The molecule has 14 heteroatoms. The first-order valence-electron chi connectivity index (χ1n) is 20.1. The Morgan fingerprint density at radius 3 is 1.64 bits per heavy atom. The van der Waals surface area contributed by atoms with Crippen molar-refractivity contribution in [3.63, 3.8) is 0 Å². The third-order valence-electron chi connectivity index (χ3n) is 11.8. The highest BCUT2D eigenvalue weighted by Crippen LogP contribution is 2.43. The van der Waals surface area contributed by atoms with Gasteiger partial charge < -0.3 is 42.5 Å². The van der Waals surface area contributed by atoms with E-state index in [2.05, 4.69) is 20.4 Å². The van der Waals surface area contributed by atoms with Gasteiger partial charge in [-0.1, -0.05) is 46.9 Å². The number of alkyl halides is 1.